The molecule has 0 saturated heterocycles. The van der Waals surface area contributed by atoms with Gasteiger partial charge in [0.05, 0.1) is 11.5 Å². The molecule has 2 saturated carbocycles. The molecular weight excluding hydrogens is 442 g/mol. The molecule has 7 heteroatoms. The summed E-state index contributed by atoms with van der Waals surface area (Å²) in [5.74, 6) is 0.483. The lowest BCUT2D eigenvalue weighted by Crippen LogP contribution is -2.46. The van der Waals surface area contributed by atoms with Crippen molar-refractivity contribution < 1.29 is 19.4 Å². The number of amides is 1. The van der Waals surface area contributed by atoms with Gasteiger partial charge in [0.15, 0.2) is 0 Å². The van der Waals surface area contributed by atoms with Crippen LogP contribution in [-0.2, 0) is 32.6 Å². The first-order chi connectivity index (χ1) is 17.0. The lowest BCUT2D eigenvalue weighted by atomic mass is 9.79. The van der Waals surface area contributed by atoms with Gasteiger partial charge in [-0.15, -0.1) is 0 Å². The van der Waals surface area contributed by atoms with Crippen LogP contribution in [0.25, 0.3) is 0 Å². The molecular formula is C28H35N3O4. The number of hydrogen-bond donors (Lipinski definition) is 3. The number of aromatic nitrogens is 1. The Morgan fingerprint density at radius 3 is 2.71 bits per heavy atom. The van der Waals surface area contributed by atoms with Gasteiger partial charge in [0, 0.05) is 25.3 Å². The van der Waals surface area contributed by atoms with Crippen LogP contribution in [0.15, 0.2) is 42.5 Å². The quantitative estimate of drug-likeness (QED) is 0.454. The van der Waals surface area contributed by atoms with Crippen molar-refractivity contribution in [1.82, 2.24) is 10.3 Å². The second-order valence-corrected chi connectivity index (χ2v) is 10.3. The van der Waals surface area contributed by atoms with E-state index in [0.29, 0.717) is 12.5 Å². The van der Waals surface area contributed by atoms with Gasteiger partial charge in [0.2, 0.25) is 5.91 Å². The lowest BCUT2D eigenvalue weighted by Gasteiger charge is -2.35. The summed E-state index contributed by atoms with van der Waals surface area (Å²) < 4.78 is 5.94. The normalized spacial score (nSPS) is 22.7. The Bertz CT molecular complexity index is 1050. The van der Waals surface area contributed by atoms with Crippen LogP contribution in [0.1, 0.15) is 61.8 Å². The Hall–Kier alpha value is -2.93. The maximum Gasteiger partial charge on any atom is 0.326 e. The molecule has 7 nitrogen and oxygen atoms in total. The molecule has 2 aliphatic carbocycles. The van der Waals surface area contributed by atoms with Crippen LogP contribution in [0.2, 0.25) is 0 Å². The van der Waals surface area contributed by atoms with Crippen molar-refractivity contribution in [3.05, 3.63) is 59.3 Å². The predicted octanol–water partition coefficient (Wildman–Crippen LogP) is 3.86. The van der Waals surface area contributed by atoms with E-state index in [1.54, 1.807) is 0 Å². The van der Waals surface area contributed by atoms with Crippen LogP contribution < -0.4 is 10.6 Å². The van der Waals surface area contributed by atoms with E-state index in [4.69, 9.17) is 9.72 Å². The third kappa shape index (κ3) is 5.50. The molecule has 2 fully saturated rings. The smallest absolute Gasteiger partial charge is 0.326 e. The highest BCUT2D eigenvalue weighted by atomic mass is 16.5. The topological polar surface area (TPSA) is 101 Å². The zero-order chi connectivity index (χ0) is 24.3. The fourth-order valence-electron chi connectivity index (χ4n) is 5.34. The number of hydrogen-bond acceptors (Lipinski definition) is 5. The Morgan fingerprint density at radius 2 is 1.97 bits per heavy atom. The van der Waals surface area contributed by atoms with E-state index in [9.17, 15) is 14.7 Å². The summed E-state index contributed by atoms with van der Waals surface area (Å²) in [5.41, 5.74) is 2.85. The number of nitrogens with one attached hydrogen (secondary N) is 2. The third-order valence-corrected chi connectivity index (χ3v) is 7.83. The SMILES string of the molecule is O=C(O)[C@H](CCO[C@H]1C[C@H](CCc2ccc3c(n2)NCCC3)C1)NC(=O)C1(c2ccccc2)CC1. The molecule has 0 bridgehead atoms. The number of aryl methyl sites for hydroxylation is 2. The summed E-state index contributed by atoms with van der Waals surface area (Å²) >= 11 is 0. The van der Waals surface area contributed by atoms with E-state index < -0.39 is 17.4 Å². The number of rotatable bonds is 11. The van der Waals surface area contributed by atoms with Crippen molar-refractivity contribution in [1.29, 1.82) is 0 Å². The highest BCUT2D eigenvalue weighted by molar-refractivity contribution is 5.94. The molecule has 35 heavy (non-hydrogen) atoms. The molecule has 2 aromatic rings. The van der Waals surface area contributed by atoms with Crippen LogP contribution >= 0.6 is 0 Å². The minimum absolute atomic E-state index is 0.183. The van der Waals surface area contributed by atoms with Gasteiger partial charge in [-0.05, 0) is 74.5 Å². The highest BCUT2D eigenvalue weighted by Gasteiger charge is 2.51. The van der Waals surface area contributed by atoms with Crippen LogP contribution in [0, 0.1) is 5.92 Å². The number of anilines is 1. The van der Waals surface area contributed by atoms with Crippen molar-refractivity contribution in [2.75, 3.05) is 18.5 Å². The summed E-state index contributed by atoms with van der Waals surface area (Å²) in [6.45, 7) is 1.34. The zero-order valence-electron chi connectivity index (χ0n) is 20.2. The standard InChI is InChI=1S/C28H35N3O4/c32-26(33)24(31-27(34)28(13-14-28)21-6-2-1-3-7-21)12-16-35-23-17-19(18-23)8-10-22-11-9-20-5-4-15-29-25(20)30-22/h1-3,6-7,9,11,19,23-24H,4-5,8,10,12-18H2,(H,29,30)(H,31,34)(H,32,33)/t19-,23-,24-/m0/s1. The number of carbonyl (C=O) groups is 2. The number of carbonyl (C=O) groups excluding carboxylic acids is 1. The molecule has 1 aromatic carbocycles. The van der Waals surface area contributed by atoms with Crippen LogP contribution in [0.3, 0.4) is 0 Å². The van der Waals surface area contributed by atoms with Crippen molar-refractivity contribution in [3.8, 4) is 0 Å². The number of aliphatic carboxylic acids is 1. The summed E-state index contributed by atoms with van der Waals surface area (Å²) in [7, 11) is 0. The Labute approximate surface area is 206 Å². The second kappa shape index (κ2) is 10.4. The van der Waals surface area contributed by atoms with Crippen molar-refractivity contribution in [2.45, 2.75) is 75.3 Å². The first kappa shape index (κ1) is 23.8. The summed E-state index contributed by atoms with van der Waals surface area (Å²) in [6, 6.07) is 13.1. The van der Waals surface area contributed by atoms with E-state index in [0.717, 1.165) is 68.6 Å². The zero-order valence-corrected chi connectivity index (χ0v) is 20.2. The molecule has 0 unspecified atom stereocenters. The van der Waals surface area contributed by atoms with Gasteiger partial charge in [-0.2, -0.15) is 0 Å². The van der Waals surface area contributed by atoms with E-state index in [-0.39, 0.29) is 18.4 Å². The van der Waals surface area contributed by atoms with Gasteiger partial charge in [-0.3, -0.25) is 4.79 Å². The van der Waals surface area contributed by atoms with Gasteiger partial charge in [-0.1, -0.05) is 36.4 Å². The molecule has 1 aromatic heterocycles. The predicted molar refractivity (Wildman–Crippen MR) is 133 cm³/mol. The first-order valence-electron chi connectivity index (χ1n) is 13.0. The van der Waals surface area contributed by atoms with Gasteiger partial charge >= 0.3 is 5.97 Å². The lowest BCUT2D eigenvalue weighted by molar-refractivity contribution is -0.143. The minimum Gasteiger partial charge on any atom is -0.480 e. The fourth-order valence-corrected chi connectivity index (χ4v) is 5.34. The molecule has 3 aliphatic rings. The van der Waals surface area contributed by atoms with Crippen molar-refractivity contribution in [3.63, 3.8) is 0 Å². The molecule has 0 spiro atoms. The number of carboxylic acids is 1. The Balaban J connectivity index is 1.02. The Kier molecular flexibility index (Phi) is 7.04. The Morgan fingerprint density at radius 1 is 1.17 bits per heavy atom. The molecule has 1 aliphatic heterocycles. The van der Waals surface area contributed by atoms with Crippen molar-refractivity contribution in [2.24, 2.45) is 5.92 Å². The number of ether oxygens (including phenoxy) is 1. The summed E-state index contributed by atoms with van der Waals surface area (Å²) in [4.78, 5) is 29.4. The fraction of sp³-hybridized carbons (Fsp3) is 0.536. The van der Waals surface area contributed by atoms with Crippen LogP contribution in [-0.4, -0.2) is 47.3 Å². The van der Waals surface area contributed by atoms with Gasteiger partial charge in [0.1, 0.15) is 11.9 Å². The summed E-state index contributed by atoms with van der Waals surface area (Å²) in [5, 5.41) is 15.8. The van der Waals surface area contributed by atoms with Gasteiger partial charge in [0.25, 0.3) is 0 Å². The van der Waals surface area contributed by atoms with Crippen LogP contribution in [0.5, 0.6) is 0 Å². The molecule has 3 N–H and O–H groups in total. The monoisotopic (exact) mass is 477 g/mol. The number of benzene rings is 1. The number of carboxylic acid groups (broad SMARTS) is 1. The molecule has 5 rings (SSSR count). The van der Waals surface area contributed by atoms with E-state index in [1.165, 1.54) is 12.0 Å². The third-order valence-electron chi connectivity index (χ3n) is 7.83. The average molecular weight is 478 g/mol. The van der Waals surface area contributed by atoms with E-state index in [1.807, 2.05) is 30.3 Å². The number of fused-ring (bicyclic) bond motifs is 1. The van der Waals surface area contributed by atoms with E-state index in [2.05, 4.69) is 22.8 Å². The van der Waals surface area contributed by atoms with Gasteiger partial charge in [-0.25, -0.2) is 9.78 Å². The maximum atomic E-state index is 12.9. The first-order valence-corrected chi connectivity index (χ1v) is 13.0. The number of nitrogens with zero attached hydrogens (tertiary/aromatic N) is 1. The second-order valence-electron chi connectivity index (χ2n) is 10.3. The molecule has 186 valence electrons. The highest BCUT2D eigenvalue weighted by Crippen LogP contribution is 2.48. The average Bonchev–Trinajstić information content (AvgIpc) is 3.66. The maximum absolute atomic E-state index is 12.9. The minimum atomic E-state index is -1.01. The molecule has 2 heterocycles. The molecule has 0 radical (unpaired) electrons. The molecule has 1 atom stereocenters. The van der Waals surface area contributed by atoms with E-state index >= 15 is 0 Å². The summed E-state index contributed by atoms with van der Waals surface area (Å²) in [6.07, 6.45) is 8.34. The van der Waals surface area contributed by atoms with Crippen LogP contribution in [0.4, 0.5) is 5.82 Å². The molecule has 1 amide bonds. The van der Waals surface area contributed by atoms with Crippen molar-refractivity contribution >= 4 is 17.7 Å². The largest absolute Gasteiger partial charge is 0.480 e. The number of pyridine rings is 1. The van der Waals surface area contributed by atoms with Gasteiger partial charge < -0.3 is 20.5 Å².